The van der Waals surface area contributed by atoms with Crippen LogP contribution in [0.25, 0.3) is 66.8 Å². The molecular formula is C79H58N2. The highest BCUT2D eigenvalue weighted by molar-refractivity contribution is 6.05. The maximum atomic E-state index is 2.55. The molecule has 2 nitrogen and oxygen atoms in total. The first-order valence-corrected chi connectivity index (χ1v) is 28.6. The molecule has 0 aromatic heterocycles. The molecule has 0 saturated heterocycles. The summed E-state index contributed by atoms with van der Waals surface area (Å²) in [6.07, 6.45) is 0. The van der Waals surface area contributed by atoms with Crippen molar-refractivity contribution in [2.45, 2.75) is 43.9 Å². The van der Waals surface area contributed by atoms with Crippen molar-refractivity contribution in [1.29, 1.82) is 0 Å². The zero-order valence-electron chi connectivity index (χ0n) is 46.0. The Hall–Kier alpha value is -9.76. The topological polar surface area (TPSA) is 6.48 Å². The third-order valence-corrected chi connectivity index (χ3v) is 18.6. The largest absolute Gasteiger partial charge is 0.310 e. The van der Waals surface area contributed by atoms with Crippen LogP contribution in [0.15, 0.2) is 279 Å². The molecule has 0 atom stereocenters. The van der Waals surface area contributed by atoms with E-state index in [1.807, 2.05) is 0 Å². The summed E-state index contributed by atoms with van der Waals surface area (Å²) < 4.78 is 0. The first-order valence-electron chi connectivity index (χ1n) is 28.6. The van der Waals surface area contributed by atoms with Gasteiger partial charge in [-0.25, -0.2) is 0 Å². The van der Waals surface area contributed by atoms with E-state index in [-0.39, 0.29) is 10.8 Å². The lowest BCUT2D eigenvalue weighted by Gasteiger charge is -2.33. The molecule has 0 heterocycles. The fourth-order valence-electron chi connectivity index (χ4n) is 15.0. The van der Waals surface area contributed by atoms with Crippen molar-refractivity contribution in [2.24, 2.45) is 0 Å². The Morgan fingerprint density at radius 3 is 0.975 bits per heavy atom. The van der Waals surface area contributed by atoms with Gasteiger partial charge in [-0.05, 0) is 161 Å². The van der Waals surface area contributed by atoms with Crippen LogP contribution in [0.1, 0.15) is 72.2 Å². The summed E-state index contributed by atoms with van der Waals surface area (Å²) >= 11 is 0. The number of benzene rings is 12. The van der Waals surface area contributed by atoms with Crippen LogP contribution in [0.3, 0.4) is 0 Å². The number of fused-ring (bicyclic) bond motifs is 16. The Morgan fingerprint density at radius 2 is 0.543 bits per heavy atom. The minimum absolute atomic E-state index is 0.179. The number of nitrogens with zero attached hydrogens (tertiary/aromatic N) is 2. The highest BCUT2D eigenvalue weighted by atomic mass is 15.2. The van der Waals surface area contributed by atoms with Crippen LogP contribution in [-0.2, 0) is 16.2 Å². The second kappa shape index (κ2) is 17.6. The van der Waals surface area contributed by atoms with Gasteiger partial charge in [0, 0.05) is 44.7 Å². The molecule has 12 aromatic carbocycles. The van der Waals surface area contributed by atoms with E-state index in [2.05, 4.69) is 317 Å². The average molecular weight is 1040 g/mol. The number of hydrogen-bond acceptors (Lipinski definition) is 2. The van der Waals surface area contributed by atoms with Gasteiger partial charge < -0.3 is 9.80 Å². The number of rotatable bonds is 8. The molecule has 2 heteroatoms. The molecule has 0 bridgehead atoms. The molecule has 1 spiro atoms. The van der Waals surface area contributed by atoms with Gasteiger partial charge in [-0.1, -0.05) is 246 Å². The molecule has 0 aliphatic heterocycles. The fourth-order valence-corrected chi connectivity index (χ4v) is 15.0. The Balaban J connectivity index is 0.941. The van der Waals surface area contributed by atoms with E-state index in [0.29, 0.717) is 0 Å². The van der Waals surface area contributed by atoms with E-state index in [9.17, 15) is 0 Å². The SMILES string of the molecule is CC1(C)c2ccccc2-c2ccc(N(c3cccc(-c4ccccc4)c3)c3cccc4c3-c3ccccc3C43c4ccccc4-c4c(N(c5cccc(-c6ccccc6)c5)c5ccc6c(c5)C(C)(C)c5ccccc5-6)cccc43)cc21. The highest BCUT2D eigenvalue weighted by Gasteiger charge is 2.53. The Morgan fingerprint density at radius 1 is 0.222 bits per heavy atom. The monoisotopic (exact) mass is 1030 g/mol. The molecule has 384 valence electrons. The van der Waals surface area contributed by atoms with Gasteiger partial charge in [-0.15, -0.1) is 0 Å². The van der Waals surface area contributed by atoms with Gasteiger partial charge in [0.15, 0.2) is 0 Å². The van der Waals surface area contributed by atoms with Crippen LogP contribution in [-0.4, -0.2) is 0 Å². The van der Waals surface area contributed by atoms with Crippen LogP contribution in [0.2, 0.25) is 0 Å². The fraction of sp³-hybridized carbons (Fsp3) is 0.0886. The minimum Gasteiger partial charge on any atom is -0.310 e. The van der Waals surface area contributed by atoms with Gasteiger partial charge in [-0.3, -0.25) is 0 Å². The summed E-state index contributed by atoms with van der Waals surface area (Å²) in [6, 6.07) is 105. The van der Waals surface area contributed by atoms with Gasteiger partial charge in [0.2, 0.25) is 0 Å². The molecule has 0 saturated carbocycles. The van der Waals surface area contributed by atoms with Crippen LogP contribution >= 0.6 is 0 Å². The second-order valence-corrected chi connectivity index (χ2v) is 23.5. The van der Waals surface area contributed by atoms with Gasteiger partial charge in [-0.2, -0.15) is 0 Å². The third kappa shape index (κ3) is 6.74. The second-order valence-electron chi connectivity index (χ2n) is 23.5. The Kier molecular flexibility index (Phi) is 10.3. The normalized spacial score (nSPS) is 14.5. The third-order valence-electron chi connectivity index (χ3n) is 18.6. The van der Waals surface area contributed by atoms with Crippen LogP contribution in [0, 0.1) is 0 Å². The van der Waals surface area contributed by atoms with Crippen molar-refractivity contribution in [1.82, 2.24) is 0 Å². The van der Waals surface area contributed by atoms with Crippen molar-refractivity contribution < 1.29 is 0 Å². The smallest absolute Gasteiger partial charge is 0.0727 e. The molecule has 16 rings (SSSR count). The zero-order chi connectivity index (χ0) is 54.2. The van der Waals surface area contributed by atoms with Crippen molar-refractivity contribution in [3.63, 3.8) is 0 Å². The quantitative estimate of drug-likeness (QED) is 0.150. The van der Waals surface area contributed by atoms with Crippen molar-refractivity contribution in [2.75, 3.05) is 9.80 Å². The molecule has 4 aliphatic carbocycles. The summed E-state index contributed by atoms with van der Waals surface area (Å²) in [5, 5.41) is 0. The van der Waals surface area contributed by atoms with Gasteiger partial charge >= 0.3 is 0 Å². The molecule has 0 fully saturated rings. The zero-order valence-corrected chi connectivity index (χ0v) is 46.0. The summed E-state index contributed by atoms with van der Waals surface area (Å²) in [7, 11) is 0. The summed E-state index contributed by atoms with van der Waals surface area (Å²) in [5.41, 5.74) is 31.4. The number of anilines is 6. The van der Waals surface area contributed by atoms with E-state index < -0.39 is 5.41 Å². The molecule has 0 unspecified atom stereocenters. The first-order chi connectivity index (χ1) is 39.7. The molecule has 0 N–H and O–H groups in total. The van der Waals surface area contributed by atoms with Crippen molar-refractivity contribution >= 4 is 34.1 Å². The molecule has 0 amide bonds. The average Bonchev–Trinajstić information content (AvgIpc) is 1.83. The summed E-state index contributed by atoms with van der Waals surface area (Å²) in [6.45, 7) is 9.54. The lowest BCUT2D eigenvalue weighted by molar-refractivity contribution is 0.660. The molecule has 12 aromatic rings. The number of hydrogen-bond donors (Lipinski definition) is 0. The minimum atomic E-state index is -0.637. The standard InChI is InChI=1S/C79H58N2/c1-77(2)65-35-15-11-31-59(65)61-45-43-57(49-71(61)77)80(55-29-19-27-53(47-55)51-23-7-5-8-24-51)73-41-21-39-69-75(73)63-33-13-17-37-67(63)79(69)68-38-18-14-34-64(68)76-70(79)40-22-42-74(76)81(56-30-20-28-54(48-56)52-25-9-6-10-26-52)58-44-46-62-60-32-12-16-36-66(60)78(3,4)72(62)50-58/h5-50H,1-4H3. The van der Waals surface area contributed by atoms with Gasteiger partial charge in [0.05, 0.1) is 16.8 Å². The summed E-state index contributed by atoms with van der Waals surface area (Å²) in [5.74, 6) is 0. The van der Waals surface area contributed by atoms with E-state index in [1.54, 1.807) is 0 Å². The highest BCUT2D eigenvalue weighted by Crippen LogP contribution is 2.67. The molecule has 0 radical (unpaired) electrons. The predicted octanol–water partition coefficient (Wildman–Crippen LogP) is 20.9. The predicted molar refractivity (Wildman–Crippen MR) is 338 cm³/mol. The van der Waals surface area contributed by atoms with Crippen molar-refractivity contribution in [3.8, 4) is 66.8 Å². The van der Waals surface area contributed by atoms with Gasteiger partial charge in [0.25, 0.3) is 0 Å². The maximum absolute atomic E-state index is 2.55. The Bertz CT molecular complexity index is 4250. The van der Waals surface area contributed by atoms with E-state index in [4.69, 9.17) is 0 Å². The lowest BCUT2D eigenvalue weighted by Crippen LogP contribution is -2.26. The van der Waals surface area contributed by atoms with Crippen molar-refractivity contribution in [3.05, 3.63) is 324 Å². The first kappa shape index (κ1) is 47.3. The van der Waals surface area contributed by atoms with Crippen LogP contribution < -0.4 is 9.80 Å². The summed E-state index contributed by atoms with van der Waals surface area (Å²) in [4.78, 5) is 5.10. The van der Waals surface area contributed by atoms with Crippen LogP contribution in [0.4, 0.5) is 34.1 Å². The lowest BCUT2D eigenvalue weighted by atomic mass is 9.70. The molecule has 81 heavy (non-hydrogen) atoms. The van der Waals surface area contributed by atoms with Gasteiger partial charge in [0.1, 0.15) is 0 Å². The Labute approximate surface area is 475 Å². The van der Waals surface area contributed by atoms with E-state index >= 15 is 0 Å². The maximum Gasteiger partial charge on any atom is 0.0727 e. The van der Waals surface area contributed by atoms with E-state index in [0.717, 1.165) is 34.1 Å². The van der Waals surface area contributed by atoms with E-state index in [1.165, 1.54) is 111 Å². The van der Waals surface area contributed by atoms with Crippen LogP contribution in [0.5, 0.6) is 0 Å². The molecule has 4 aliphatic rings. The molecular weight excluding hydrogens is 977 g/mol.